The highest BCUT2D eigenvalue weighted by molar-refractivity contribution is 7.92. The number of hydrogen-bond acceptors (Lipinski definition) is 3. The normalized spacial score (nSPS) is 13.0. The van der Waals surface area contributed by atoms with Crippen molar-refractivity contribution < 1.29 is 13.2 Å². The van der Waals surface area contributed by atoms with Gasteiger partial charge in [-0.1, -0.05) is 32.4 Å². The second kappa shape index (κ2) is 7.13. The molecule has 7 heteroatoms. The minimum absolute atomic E-state index is 0.0690. The fraction of sp³-hybridized carbons (Fsp3) is 0.500. The molecular weight excluding hydrogens is 312 g/mol. The average Bonchev–Trinajstić information content (AvgIpc) is 2.36. The monoisotopic (exact) mass is 332 g/mol. The summed E-state index contributed by atoms with van der Waals surface area (Å²) in [6, 6.07) is 4.57. The van der Waals surface area contributed by atoms with Crippen molar-refractivity contribution in [3.05, 3.63) is 28.8 Å². The highest BCUT2D eigenvalue weighted by atomic mass is 35.5. The fourth-order valence-electron chi connectivity index (χ4n) is 1.94. The number of rotatable bonds is 6. The Hall–Kier alpha value is -1.27. The maximum Gasteiger partial charge on any atom is 0.251 e. The Bertz CT molecular complexity index is 615. The molecule has 0 aromatic heterocycles. The standard InChI is InChI=1S/C14H21ClN2O3S/c1-5-12(9(2)3)16-14(18)10-6-7-11(15)13(8-10)17-21(4,19)20/h6-9,12,17H,5H2,1-4H3,(H,16,18)/t12-/m1/s1. The molecule has 0 aliphatic rings. The summed E-state index contributed by atoms with van der Waals surface area (Å²) >= 11 is 5.93. The van der Waals surface area contributed by atoms with E-state index in [4.69, 9.17) is 11.6 Å². The van der Waals surface area contributed by atoms with Gasteiger partial charge in [-0.2, -0.15) is 0 Å². The SMILES string of the molecule is CC[C@@H](NC(=O)c1ccc(Cl)c(NS(C)(=O)=O)c1)C(C)C. The van der Waals surface area contributed by atoms with Crippen LogP contribution < -0.4 is 10.0 Å². The van der Waals surface area contributed by atoms with E-state index in [0.717, 1.165) is 12.7 Å². The van der Waals surface area contributed by atoms with Gasteiger partial charge in [0.15, 0.2) is 0 Å². The van der Waals surface area contributed by atoms with Crippen LogP contribution >= 0.6 is 11.6 Å². The number of benzene rings is 1. The number of anilines is 1. The van der Waals surface area contributed by atoms with Crippen molar-refractivity contribution in [2.75, 3.05) is 11.0 Å². The molecule has 0 aliphatic heterocycles. The van der Waals surface area contributed by atoms with Gasteiger partial charge in [0.25, 0.3) is 5.91 Å². The second-order valence-corrected chi connectivity index (χ2v) is 7.46. The van der Waals surface area contributed by atoms with Crippen molar-refractivity contribution in [3.63, 3.8) is 0 Å². The van der Waals surface area contributed by atoms with Gasteiger partial charge in [0.05, 0.1) is 17.0 Å². The van der Waals surface area contributed by atoms with E-state index in [1.165, 1.54) is 12.1 Å². The molecule has 0 saturated heterocycles. The van der Waals surface area contributed by atoms with Gasteiger partial charge in [-0.15, -0.1) is 0 Å². The van der Waals surface area contributed by atoms with Crippen LogP contribution in [-0.2, 0) is 10.0 Å². The van der Waals surface area contributed by atoms with Gasteiger partial charge in [-0.05, 0) is 30.5 Å². The molecule has 1 amide bonds. The zero-order chi connectivity index (χ0) is 16.2. The van der Waals surface area contributed by atoms with Crippen LogP contribution in [0.2, 0.25) is 5.02 Å². The number of carbonyl (C=O) groups excluding carboxylic acids is 1. The summed E-state index contributed by atoms with van der Waals surface area (Å²) < 4.78 is 24.8. The molecule has 0 spiro atoms. The third kappa shape index (κ3) is 5.55. The van der Waals surface area contributed by atoms with E-state index in [2.05, 4.69) is 10.0 Å². The first-order chi connectivity index (χ1) is 9.64. The van der Waals surface area contributed by atoms with Crippen LogP contribution in [-0.4, -0.2) is 26.6 Å². The van der Waals surface area contributed by atoms with Gasteiger partial charge < -0.3 is 5.32 Å². The first kappa shape index (κ1) is 17.8. The molecule has 1 aromatic carbocycles. The molecule has 5 nitrogen and oxygen atoms in total. The molecule has 1 atom stereocenters. The predicted molar refractivity (Wildman–Crippen MR) is 86.3 cm³/mol. The molecule has 1 rings (SSSR count). The predicted octanol–water partition coefficient (Wildman–Crippen LogP) is 2.88. The number of hydrogen-bond donors (Lipinski definition) is 2. The van der Waals surface area contributed by atoms with Gasteiger partial charge in [-0.25, -0.2) is 8.42 Å². The topological polar surface area (TPSA) is 75.3 Å². The van der Waals surface area contributed by atoms with E-state index < -0.39 is 10.0 Å². The Morgan fingerprint density at radius 3 is 2.43 bits per heavy atom. The molecule has 0 aliphatic carbocycles. The van der Waals surface area contributed by atoms with Crippen LogP contribution in [0.25, 0.3) is 0 Å². The van der Waals surface area contributed by atoms with Crippen LogP contribution in [0.1, 0.15) is 37.6 Å². The number of halogens is 1. The zero-order valence-corrected chi connectivity index (χ0v) is 14.2. The number of carbonyl (C=O) groups is 1. The smallest absolute Gasteiger partial charge is 0.251 e. The van der Waals surface area contributed by atoms with Gasteiger partial charge in [0.1, 0.15) is 0 Å². The fourth-order valence-corrected chi connectivity index (χ4v) is 2.73. The second-order valence-electron chi connectivity index (χ2n) is 5.30. The number of nitrogens with one attached hydrogen (secondary N) is 2. The molecule has 0 fully saturated rings. The number of sulfonamides is 1. The first-order valence-corrected chi connectivity index (χ1v) is 8.99. The van der Waals surface area contributed by atoms with E-state index in [1.807, 2.05) is 20.8 Å². The van der Waals surface area contributed by atoms with Crippen molar-refractivity contribution in [2.45, 2.75) is 33.2 Å². The Balaban J connectivity index is 2.98. The molecule has 0 saturated carbocycles. The van der Waals surface area contributed by atoms with Crippen molar-refractivity contribution in [3.8, 4) is 0 Å². The van der Waals surface area contributed by atoms with Crippen LogP contribution in [0.3, 0.4) is 0 Å². The van der Waals surface area contributed by atoms with E-state index in [-0.39, 0.29) is 22.7 Å². The molecular formula is C14H21ClN2O3S. The molecule has 1 aromatic rings. The molecule has 2 N–H and O–H groups in total. The Kier molecular flexibility index (Phi) is 6.04. The van der Waals surface area contributed by atoms with E-state index in [0.29, 0.717) is 11.5 Å². The lowest BCUT2D eigenvalue weighted by Crippen LogP contribution is -2.38. The third-order valence-corrected chi connectivity index (χ3v) is 4.01. The maximum atomic E-state index is 12.2. The van der Waals surface area contributed by atoms with Gasteiger partial charge in [0, 0.05) is 11.6 Å². The quantitative estimate of drug-likeness (QED) is 0.841. The first-order valence-electron chi connectivity index (χ1n) is 6.72. The van der Waals surface area contributed by atoms with Crippen molar-refractivity contribution >= 4 is 33.2 Å². The molecule has 0 heterocycles. The van der Waals surface area contributed by atoms with E-state index in [1.54, 1.807) is 6.07 Å². The summed E-state index contributed by atoms with van der Waals surface area (Å²) in [6.45, 7) is 6.07. The maximum absolute atomic E-state index is 12.2. The Morgan fingerprint density at radius 1 is 1.33 bits per heavy atom. The largest absolute Gasteiger partial charge is 0.349 e. The zero-order valence-electron chi connectivity index (χ0n) is 12.6. The summed E-state index contributed by atoms with van der Waals surface area (Å²) in [5.74, 6) is 0.0728. The summed E-state index contributed by atoms with van der Waals surface area (Å²) in [6.07, 6.45) is 1.85. The molecule has 21 heavy (non-hydrogen) atoms. The average molecular weight is 333 g/mol. The molecule has 118 valence electrons. The lowest BCUT2D eigenvalue weighted by molar-refractivity contribution is 0.0924. The molecule has 0 unspecified atom stereocenters. The van der Waals surface area contributed by atoms with Crippen LogP contribution in [0, 0.1) is 5.92 Å². The van der Waals surface area contributed by atoms with Crippen molar-refractivity contribution in [2.24, 2.45) is 5.92 Å². The van der Waals surface area contributed by atoms with Gasteiger partial charge in [-0.3, -0.25) is 9.52 Å². The van der Waals surface area contributed by atoms with Crippen molar-refractivity contribution in [1.29, 1.82) is 0 Å². The summed E-state index contributed by atoms with van der Waals surface area (Å²) in [4.78, 5) is 12.2. The van der Waals surface area contributed by atoms with E-state index >= 15 is 0 Å². The van der Waals surface area contributed by atoms with Crippen LogP contribution in [0.4, 0.5) is 5.69 Å². The molecule has 0 radical (unpaired) electrons. The lowest BCUT2D eigenvalue weighted by atomic mass is 10.0. The van der Waals surface area contributed by atoms with Crippen molar-refractivity contribution in [1.82, 2.24) is 5.32 Å². The van der Waals surface area contributed by atoms with Crippen LogP contribution in [0.5, 0.6) is 0 Å². The van der Waals surface area contributed by atoms with Gasteiger partial charge >= 0.3 is 0 Å². The summed E-state index contributed by atoms with van der Waals surface area (Å²) in [5, 5.41) is 3.18. The Labute approximate surface area is 131 Å². The van der Waals surface area contributed by atoms with E-state index in [9.17, 15) is 13.2 Å². The van der Waals surface area contributed by atoms with Gasteiger partial charge in [0.2, 0.25) is 10.0 Å². The number of amides is 1. The highest BCUT2D eigenvalue weighted by Crippen LogP contribution is 2.24. The molecule has 0 bridgehead atoms. The minimum atomic E-state index is -3.45. The lowest BCUT2D eigenvalue weighted by Gasteiger charge is -2.21. The minimum Gasteiger partial charge on any atom is -0.349 e. The third-order valence-electron chi connectivity index (χ3n) is 3.08. The summed E-state index contributed by atoms with van der Waals surface area (Å²) in [5.41, 5.74) is 0.564. The Morgan fingerprint density at radius 2 is 1.95 bits per heavy atom. The highest BCUT2D eigenvalue weighted by Gasteiger charge is 2.16. The summed E-state index contributed by atoms with van der Waals surface area (Å²) in [7, 11) is -3.45. The van der Waals surface area contributed by atoms with Crippen LogP contribution in [0.15, 0.2) is 18.2 Å².